The van der Waals surface area contributed by atoms with Gasteiger partial charge in [-0.25, -0.2) is 4.98 Å². The molecule has 0 bridgehead atoms. The molecule has 4 rings (SSSR count). The lowest BCUT2D eigenvalue weighted by Crippen LogP contribution is -2.29. The monoisotopic (exact) mass is 365 g/mol. The van der Waals surface area contributed by atoms with Gasteiger partial charge in [-0.3, -0.25) is 9.48 Å². The number of fused-ring (bicyclic) bond motifs is 1. The zero-order valence-electron chi connectivity index (χ0n) is 16.5. The Labute approximate surface area is 159 Å². The molecule has 1 N–H and O–H groups in total. The number of carbonyl (C=O) groups excluding carboxylic acids is 1. The van der Waals surface area contributed by atoms with E-state index in [1.165, 1.54) is 12.8 Å². The molecule has 3 aromatic rings. The van der Waals surface area contributed by atoms with Crippen LogP contribution in [0.3, 0.4) is 0 Å². The zero-order chi connectivity index (χ0) is 19.1. The highest BCUT2D eigenvalue weighted by atomic mass is 16.1. The molecule has 6 heteroatoms. The van der Waals surface area contributed by atoms with Crippen LogP contribution in [0.15, 0.2) is 24.5 Å². The quantitative estimate of drug-likeness (QED) is 0.716. The van der Waals surface area contributed by atoms with Crippen molar-refractivity contribution in [1.82, 2.24) is 24.6 Å². The van der Waals surface area contributed by atoms with E-state index in [1.807, 2.05) is 36.1 Å². The van der Waals surface area contributed by atoms with Gasteiger partial charge in [0, 0.05) is 29.4 Å². The maximum Gasteiger partial charge on any atom is 0.251 e. The van der Waals surface area contributed by atoms with Crippen LogP contribution in [0.25, 0.3) is 11.0 Å². The first kappa shape index (κ1) is 17.8. The summed E-state index contributed by atoms with van der Waals surface area (Å²) in [5.41, 5.74) is 5.89. The third-order valence-corrected chi connectivity index (χ3v) is 5.58. The van der Waals surface area contributed by atoms with E-state index in [1.54, 1.807) is 0 Å². The van der Waals surface area contributed by atoms with Crippen molar-refractivity contribution in [3.63, 3.8) is 0 Å². The first-order valence-corrected chi connectivity index (χ1v) is 9.84. The van der Waals surface area contributed by atoms with Crippen molar-refractivity contribution >= 4 is 16.9 Å². The number of rotatable bonds is 6. The van der Waals surface area contributed by atoms with Crippen LogP contribution < -0.4 is 5.32 Å². The molecular weight excluding hydrogens is 338 g/mol. The fourth-order valence-corrected chi connectivity index (χ4v) is 3.96. The SMILES string of the molecule is CCC(NC(=O)c1ccc2c(c1)ncn2C1CC1)c1c(C)nn(CC)c1C. The van der Waals surface area contributed by atoms with Crippen LogP contribution >= 0.6 is 0 Å². The molecule has 1 unspecified atom stereocenters. The summed E-state index contributed by atoms with van der Waals surface area (Å²) in [7, 11) is 0. The average molecular weight is 365 g/mol. The summed E-state index contributed by atoms with van der Waals surface area (Å²) in [6, 6.07) is 6.35. The molecule has 1 fully saturated rings. The molecule has 1 saturated carbocycles. The topological polar surface area (TPSA) is 64.7 Å². The van der Waals surface area contributed by atoms with Gasteiger partial charge in [0.25, 0.3) is 5.91 Å². The number of nitrogens with zero attached hydrogens (tertiary/aromatic N) is 4. The Morgan fingerprint density at radius 1 is 1.30 bits per heavy atom. The van der Waals surface area contributed by atoms with Crippen LogP contribution in [0.4, 0.5) is 0 Å². The first-order chi connectivity index (χ1) is 13.0. The summed E-state index contributed by atoms with van der Waals surface area (Å²) in [5.74, 6) is -0.0622. The minimum absolute atomic E-state index is 0.0440. The van der Waals surface area contributed by atoms with Gasteiger partial charge in [0.05, 0.1) is 29.1 Å². The third-order valence-electron chi connectivity index (χ3n) is 5.58. The molecule has 1 aliphatic rings. The Balaban J connectivity index is 1.59. The standard InChI is InChI=1S/C21H27N5O/c1-5-17(20-13(3)24-26(6-2)14(20)4)23-21(27)15-7-10-19-18(11-15)22-12-25(19)16-8-9-16/h7,10-12,16-17H,5-6,8-9H2,1-4H3,(H,23,27). The number of aromatic nitrogens is 4. The Bertz CT molecular complexity index is 996. The molecule has 0 spiro atoms. The van der Waals surface area contributed by atoms with Gasteiger partial charge in [0.15, 0.2) is 0 Å². The minimum Gasteiger partial charge on any atom is -0.345 e. The van der Waals surface area contributed by atoms with E-state index < -0.39 is 0 Å². The summed E-state index contributed by atoms with van der Waals surface area (Å²) in [4.78, 5) is 17.4. The number of carbonyl (C=O) groups is 1. The normalized spacial score (nSPS) is 15.3. The highest BCUT2D eigenvalue weighted by Gasteiger charge is 2.25. The lowest BCUT2D eigenvalue weighted by Gasteiger charge is -2.18. The highest BCUT2D eigenvalue weighted by molar-refractivity contribution is 5.97. The molecule has 1 amide bonds. The van der Waals surface area contributed by atoms with Gasteiger partial charge in [-0.05, 0) is 58.2 Å². The fourth-order valence-electron chi connectivity index (χ4n) is 3.96. The van der Waals surface area contributed by atoms with Crippen molar-refractivity contribution in [2.45, 2.75) is 65.6 Å². The van der Waals surface area contributed by atoms with E-state index in [2.05, 4.69) is 40.7 Å². The second-order valence-corrected chi connectivity index (χ2v) is 7.42. The summed E-state index contributed by atoms with van der Waals surface area (Å²) < 4.78 is 4.22. The molecule has 1 aromatic carbocycles. The van der Waals surface area contributed by atoms with Crippen molar-refractivity contribution in [1.29, 1.82) is 0 Å². The van der Waals surface area contributed by atoms with Crippen LogP contribution in [0.1, 0.15) is 72.5 Å². The van der Waals surface area contributed by atoms with Crippen molar-refractivity contribution in [3.05, 3.63) is 47.0 Å². The van der Waals surface area contributed by atoms with E-state index in [0.717, 1.165) is 41.0 Å². The molecule has 0 aliphatic heterocycles. The van der Waals surface area contributed by atoms with Gasteiger partial charge >= 0.3 is 0 Å². The zero-order valence-corrected chi connectivity index (χ0v) is 16.5. The van der Waals surface area contributed by atoms with Crippen molar-refractivity contribution in [2.75, 3.05) is 0 Å². The number of aryl methyl sites for hydroxylation is 2. The van der Waals surface area contributed by atoms with Crippen LogP contribution in [0, 0.1) is 13.8 Å². The van der Waals surface area contributed by atoms with Crippen molar-refractivity contribution < 1.29 is 4.79 Å². The van der Waals surface area contributed by atoms with Gasteiger partial charge < -0.3 is 9.88 Å². The average Bonchev–Trinajstić information content (AvgIpc) is 3.36. The second kappa shape index (κ2) is 6.83. The van der Waals surface area contributed by atoms with E-state index in [0.29, 0.717) is 11.6 Å². The Morgan fingerprint density at radius 3 is 2.70 bits per heavy atom. The van der Waals surface area contributed by atoms with Gasteiger partial charge in [-0.15, -0.1) is 0 Å². The summed E-state index contributed by atoms with van der Waals surface area (Å²) >= 11 is 0. The van der Waals surface area contributed by atoms with Crippen molar-refractivity contribution in [2.24, 2.45) is 0 Å². The fraction of sp³-hybridized carbons (Fsp3) is 0.476. The predicted octanol–water partition coefficient (Wildman–Crippen LogP) is 4.09. The number of nitrogens with one attached hydrogen (secondary N) is 1. The maximum atomic E-state index is 12.9. The van der Waals surface area contributed by atoms with E-state index >= 15 is 0 Å². The lowest BCUT2D eigenvalue weighted by atomic mass is 10.0. The molecule has 0 radical (unpaired) electrons. The maximum absolute atomic E-state index is 12.9. The van der Waals surface area contributed by atoms with E-state index in [9.17, 15) is 4.79 Å². The van der Waals surface area contributed by atoms with Crippen LogP contribution in [0.2, 0.25) is 0 Å². The number of amides is 1. The summed E-state index contributed by atoms with van der Waals surface area (Å²) in [5, 5.41) is 7.79. The Kier molecular flexibility index (Phi) is 4.50. The number of benzene rings is 1. The smallest absolute Gasteiger partial charge is 0.251 e. The molecular formula is C21H27N5O. The highest BCUT2D eigenvalue weighted by Crippen LogP contribution is 2.37. The largest absolute Gasteiger partial charge is 0.345 e. The molecule has 2 heterocycles. The van der Waals surface area contributed by atoms with Gasteiger partial charge in [-0.1, -0.05) is 6.92 Å². The summed E-state index contributed by atoms with van der Waals surface area (Å²) in [6.45, 7) is 9.09. The Morgan fingerprint density at radius 2 is 2.07 bits per heavy atom. The van der Waals surface area contributed by atoms with Crippen LogP contribution in [0.5, 0.6) is 0 Å². The molecule has 27 heavy (non-hydrogen) atoms. The molecule has 2 aromatic heterocycles. The summed E-state index contributed by atoms with van der Waals surface area (Å²) in [6.07, 6.45) is 5.15. The van der Waals surface area contributed by atoms with Crippen LogP contribution in [-0.2, 0) is 6.54 Å². The van der Waals surface area contributed by atoms with E-state index in [-0.39, 0.29) is 11.9 Å². The molecule has 0 saturated heterocycles. The number of hydrogen-bond donors (Lipinski definition) is 1. The van der Waals surface area contributed by atoms with Crippen molar-refractivity contribution in [3.8, 4) is 0 Å². The molecule has 1 aliphatic carbocycles. The van der Waals surface area contributed by atoms with E-state index in [4.69, 9.17) is 0 Å². The third kappa shape index (κ3) is 3.13. The number of hydrogen-bond acceptors (Lipinski definition) is 3. The predicted molar refractivity (Wildman–Crippen MR) is 106 cm³/mol. The number of imidazole rings is 1. The lowest BCUT2D eigenvalue weighted by molar-refractivity contribution is 0.0935. The molecule has 1 atom stereocenters. The first-order valence-electron chi connectivity index (χ1n) is 9.84. The van der Waals surface area contributed by atoms with Crippen LogP contribution in [-0.4, -0.2) is 25.2 Å². The molecule has 142 valence electrons. The van der Waals surface area contributed by atoms with Gasteiger partial charge in [-0.2, -0.15) is 5.10 Å². The van der Waals surface area contributed by atoms with Gasteiger partial charge in [0.2, 0.25) is 0 Å². The minimum atomic E-state index is -0.0622. The van der Waals surface area contributed by atoms with Gasteiger partial charge in [0.1, 0.15) is 0 Å². The molecule has 6 nitrogen and oxygen atoms in total. The Hall–Kier alpha value is -2.63. The second-order valence-electron chi connectivity index (χ2n) is 7.42.